The summed E-state index contributed by atoms with van der Waals surface area (Å²) < 4.78 is 79.9. The van der Waals surface area contributed by atoms with E-state index in [1.807, 2.05) is 109 Å². The van der Waals surface area contributed by atoms with Gasteiger partial charge in [-0.25, -0.2) is 59.8 Å². The molecule has 4 aliphatic heterocycles. The molecule has 0 aliphatic carbocycles. The van der Waals surface area contributed by atoms with Crippen molar-refractivity contribution in [1.29, 1.82) is 0 Å². The van der Waals surface area contributed by atoms with Gasteiger partial charge < -0.3 is 76.8 Å². The van der Waals surface area contributed by atoms with Gasteiger partial charge in [-0.15, -0.1) is 0 Å². The third-order valence-corrected chi connectivity index (χ3v) is 25.5. The highest BCUT2D eigenvalue weighted by Crippen LogP contribution is 2.49. The minimum Gasteiger partial charge on any atom is -0.490 e. The number of nitrogens with one attached hydrogen (secondary N) is 4. The Bertz CT molecular complexity index is 6950. The summed E-state index contributed by atoms with van der Waals surface area (Å²) in [4.78, 5) is 81.1. The van der Waals surface area contributed by atoms with E-state index in [4.69, 9.17) is 117 Å². The van der Waals surface area contributed by atoms with Crippen LogP contribution in [0.1, 0.15) is 248 Å². The van der Waals surface area contributed by atoms with Crippen LogP contribution in [0.2, 0.25) is 0 Å². The van der Waals surface area contributed by atoms with Crippen molar-refractivity contribution in [2.75, 3.05) is 79.3 Å². The minimum atomic E-state index is 0.362. The fraction of sp³-hybridized carbons (Fsp3) is 0.421. The summed E-state index contributed by atoms with van der Waals surface area (Å²) in [6, 6.07) is 36.1. The molecule has 0 amide bonds. The first-order valence-corrected chi connectivity index (χ1v) is 51.9. The topological polar surface area (TPSA) is 329 Å². The maximum absolute atomic E-state index is 6.69. The van der Waals surface area contributed by atoms with E-state index in [2.05, 4.69) is 115 Å². The maximum Gasteiger partial charge on any atom is 0.164 e. The average Bonchev–Trinajstić information content (AvgIpc) is 1.59. The first-order chi connectivity index (χ1) is 69.8. The molecular formula is C114H130N16O12. The van der Waals surface area contributed by atoms with E-state index in [9.17, 15) is 0 Å². The fourth-order valence-corrected chi connectivity index (χ4v) is 17.2. The highest BCUT2D eigenvalue weighted by molar-refractivity contribution is 6.11. The second-order valence-corrected chi connectivity index (χ2v) is 36.5. The molecule has 6 aromatic heterocycles. The van der Waals surface area contributed by atoms with Gasteiger partial charge in [-0.3, -0.25) is 0 Å². The zero-order valence-electron chi connectivity index (χ0n) is 84.1. The first-order valence-electron chi connectivity index (χ1n) is 51.9. The van der Waals surface area contributed by atoms with Gasteiger partial charge in [0, 0.05) is 98.7 Å². The Morgan fingerprint density at radius 1 is 0.169 bits per heavy atom. The van der Waals surface area contributed by atoms with E-state index >= 15 is 0 Å². The second kappa shape index (κ2) is 46.4. The molecule has 738 valence electrons. The quantitative estimate of drug-likeness (QED) is 0.0203. The number of hydrogen-bond donors (Lipinski definition) is 4. The van der Waals surface area contributed by atoms with Crippen molar-refractivity contribution in [3.05, 3.63) is 120 Å². The molecule has 0 unspecified atom stereocenters. The van der Waals surface area contributed by atoms with Crippen molar-refractivity contribution in [3.63, 3.8) is 0 Å². The van der Waals surface area contributed by atoms with Crippen molar-refractivity contribution in [2.45, 2.75) is 237 Å². The molecule has 10 heterocycles. The van der Waals surface area contributed by atoms with Gasteiger partial charge in [-0.1, -0.05) is 172 Å². The third kappa shape index (κ3) is 21.6. The molecule has 0 radical (unpaired) electrons. The van der Waals surface area contributed by atoms with E-state index in [0.29, 0.717) is 317 Å². The molecule has 0 saturated heterocycles. The summed E-state index contributed by atoms with van der Waals surface area (Å²) in [5.41, 5.74) is 10.6. The summed E-state index contributed by atoms with van der Waals surface area (Å²) in [5.74, 6) is 17.3. The summed E-state index contributed by atoms with van der Waals surface area (Å²) in [6.07, 6.45) is 21.4. The van der Waals surface area contributed by atoms with Gasteiger partial charge in [0.1, 0.15) is 45.2 Å². The second-order valence-electron chi connectivity index (χ2n) is 36.5. The van der Waals surface area contributed by atoms with E-state index in [0.717, 1.165) is 176 Å². The molecule has 0 fully saturated rings. The molecule has 4 N–H and O–H groups in total. The van der Waals surface area contributed by atoms with Crippen molar-refractivity contribution >= 4 is 88.3 Å². The van der Waals surface area contributed by atoms with Crippen molar-refractivity contribution < 1.29 is 56.8 Å². The van der Waals surface area contributed by atoms with Crippen LogP contribution in [-0.2, 0) is 0 Å². The SMILES string of the molecule is CCCCOc1cc2c(cc1OCCCC)-c1nc-2nc2[nH]c(nc3nc(nc4[nH]c(n1)c1cc(OCCCC)c(OCCCC)cc41)-c1cc(C#Cc4ccc5c(c4)-c4nc-5nc5[nH]c(nc6nc(nc7[nH]c(n4)c4cc(OCCCC)c(OCCCC)cc74)-c4cc(OCCCC)c(OCCCC)cc4-6)c4cc(OCCCC)c(OCCCC)cc54)ccc1-3)c1cc(OCCCC)c(OCCCC)cc21. The van der Waals surface area contributed by atoms with Crippen LogP contribution in [0.25, 0.3) is 179 Å². The molecule has 16 bridgehead atoms. The van der Waals surface area contributed by atoms with Gasteiger partial charge in [0.2, 0.25) is 0 Å². The Morgan fingerprint density at radius 2 is 0.310 bits per heavy atom. The smallest absolute Gasteiger partial charge is 0.164 e. The molecule has 14 aromatic rings. The summed E-state index contributed by atoms with van der Waals surface area (Å²) in [7, 11) is 0. The number of ether oxygens (including phenoxy) is 12. The van der Waals surface area contributed by atoms with E-state index < -0.39 is 0 Å². The molecular weight excluding hydrogens is 1790 g/mol. The number of H-pyrrole nitrogens is 4. The molecule has 0 atom stereocenters. The standard InChI is InChI=1S/C114H130N16O12/c1-13-25-43-131-87-57-75-77(59-89(87)133-45-27-15-3)107-121-103(75)117-99-71-41-39-69(55-73(71)101(115-99)119-105-79-61-91(135-47-29-17-5)93(137-49-31-19-7)63-81(79)109(123-105)127-113-85-67-97(141-53-35-23-11)95(139-51-33-21-9)65-83(85)111(125-107)129-113)37-38-70-40-42-72-74(56-70)102-116-100(72)118-104-76-58-88(132-44-26-14-2)90(134-46-28-16-4)60-78(76)108(122-104)126-112-84-66-96(140-52-34-22-10)98(142-54-36-24-12)68-86(84)114(130-112)128-110-82-64-94(138-50-32-20-8)92(136-48-30-18-6)62-80(82)106(120-102)124-110/h39-42,55-68H,13-36,43-54H2,1-12H3,(H2,115,117,119,121,123,125,127,129)(H2,116,118,120,122,124,126,128,130). The lowest BCUT2D eigenvalue weighted by atomic mass is 10.0. The predicted octanol–water partition coefficient (Wildman–Crippen LogP) is 27.6. The van der Waals surface area contributed by atoms with Gasteiger partial charge in [-0.05, 0) is 186 Å². The van der Waals surface area contributed by atoms with Crippen LogP contribution >= 0.6 is 0 Å². The maximum atomic E-state index is 6.69. The normalized spacial score (nSPS) is 11.8. The van der Waals surface area contributed by atoms with E-state index in [1.54, 1.807) is 0 Å². The molecule has 18 rings (SSSR count). The van der Waals surface area contributed by atoms with Crippen LogP contribution in [0.4, 0.5) is 0 Å². The largest absolute Gasteiger partial charge is 0.490 e. The van der Waals surface area contributed by atoms with Crippen LogP contribution in [0.5, 0.6) is 69.0 Å². The Labute approximate surface area is 828 Å². The predicted molar refractivity (Wildman–Crippen MR) is 563 cm³/mol. The van der Waals surface area contributed by atoms with Crippen molar-refractivity contribution in [3.8, 4) is 172 Å². The number of hydrogen-bond acceptors (Lipinski definition) is 24. The number of aromatic amines is 4. The zero-order valence-corrected chi connectivity index (χ0v) is 84.1. The van der Waals surface area contributed by atoms with Crippen molar-refractivity contribution in [2.24, 2.45) is 0 Å². The summed E-state index contributed by atoms with van der Waals surface area (Å²) in [5, 5.41) is 5.72. The highest BCUT2D eigenvalue weighted by Gasteiger charge is 2.32. The third-order valence-electron chi connectivity index (χ3n) is 25.5. The van der Waals surface area contributed by atoms with Gasteiger partial charge >= 0.3 is 0 Å². The minimum absolute atomic E-state index is 0.362. The van der Waals surface area contributed by atoms with Gasteiger partial charge in [-0.2, -0.15) is 0 Å². The number of unbranched alkanes of at least 4 members (excludes halogenated alkanes) is 12. The van der Waals surface area contributed by atoms with Crippen LogP contribution < -0.4 is 56.8 Å². The molecule has 28 nitrogen and oxygen atoms in total. The average molecular weight is 1920 g/mol. The summed E-state index contributed by atoms with van der Waals surface area (Å²) in [6.45, 7) is 31.6. The lowest BCUT2D eigenvalue weighted by Crippen LogP contribution is -2.03. The van der Waals surface area contributed by atoms with Crippen LogP contribution in [0, 0.1) is 11.8 Å². The van der Waals surface area contributed by atoms with Crippen LogP contribution in [-0.4, -0.2) is 159 Å². The lowest BCUT2D eigenvalue weighted by Gasteiger charge is -2.14. The van der Waals surface area contributed by atoms with Gasteiger partial charge in [0.05, 0.1) is 79.3 Å². The van der Waals surface area contributed by atoms with E-state index in [-0.39, 0.29) is 0 Å². The van der Waals surface area contributed by atoms with Gasteiger partial charge in [0.25, 0.3) is 0 Å². The monoisotopic (exact) mass is 1920 g/mol. The molecule has 4 aliphatic rings. The Balaban J connectivity index is 0.855. The number of benzene rings is 8. The number of aromatic nitrogens is 16. The molecule has 0 saturated carbocycles. The number of nitrogens with zero attached hydrogens (tertiary/aromatic N) is 12. The van der Waals surface area contributed by atoms with Crippen LogP contribution in [0.3, 0.4) is 0 Å². The van der Waals surface area contributed by atoms with Gasteiger partial charge in [0.15, 0.2) is 116 Å². The number of fused-ring (bicyclic) bond motifs is 40. The van der Waals surface area contributed by atoms with Crippen LogP contribution in [0.15, 0.2) is 109 Å². The Hall–Kier alpha value is -14.4. The lowest BCUT2D eigenvalue weighted by molar-refractivity contribution is 0.262. The molecule has 142 heavy (non-hydrogen) atoms. The first kappa shape index (κ1) is 97.8. The number of rotatable bonds is 48. The molecule has 0 spiro atoms. The molecule has 28 heteroatoms. The Morgan fingerprint density at radius 3 is 0.465 bits per heavy atom. The summed E-state index contributed by atoms with van der Waals surface area (Å²) >= 11 is 0. The van der Waals surface area contributed by atoms with Crippen molar-refractivity contribution in [1.82, 2.24) is 79.7 Å². The van der Waals surface area contributed by atoms with E-state index in [1.165, 1.54) is 0 Å². The zero-order chi connectivity index (χ0) is 98.0. The Kier molecular flexibility index (Phi) is 31.9. The molecule has 8 aromatic carbocycles. The highest BCUT2D eigenvalue weighted by atomic mass is 16.5. The fourth-order valence-electron chi connectivity index (χ4n) is 17.2.